The molecule has 0 aromatic carbocycles. The van der Waals surface area contributed by atoms with E-state index in [0.717, 1.165) is 38.5 Å². The number of amides is 3. The summed E-state index contributed by atoms with van der Waals surface area (Å²) >= 11 is 0. The third-order valence-corrected chi connectivity index (χ3v) is 6.08. The van der Waals surface area contributed by atoms with Crippen LogP contribution in [-0.2, 0) is 11.3 Å². The van der Waals surface area contributed by atoms with Gasteiger partial charge in [-0.05, 0) is 32.6 Å². The lowest BCUT2D eigenvalue weighted by Crippen LogP contribution is -2.63. The van der Waals surface area contributed by atoms with Gasteiger partial charge in [-0.3, -0.25) is 19.1 Å². The number of nitrogens with zero attached hydrogens (tertiary/aromatic N) is 3. The first-order valence-electron chi connectivity index (χ1n) is 9.86. The van der Waals surface area contributed by atoms with Gasteiger partial charge < -0.3 is 15.5 Å². The quantitative estimate of drug-likeness (QED) is 0.825. The number of hydrogen-bond donors (Lipinski definition) is 2. The van der Waals surface area contributed by atoms with Gasteiger partial charge in [0.1, 0.15) is 11.2 Å². The van der Waals surface area contributed by atoms with Crippen molar-refractivity contribution in [2.75, 3.05) is 7.05 Å². The fourth-order valence-electron chi connectivity index (χ4n) is 3.91. The van der Waals surface area contributed by atoms with E-state index < -0.39 is 5.54 Å². The van der Waals surface area contributed by atoms with Crippen molar-refractivity contribution in [1.29, 1.82) is 0 Å². The summed E-state index contributed by atoms with van der Waals surface area (Å²) < 4.78 is 1.50. The molecule has 2 aliphatic carbocycles. The summed E-state index contributed by atoms with van der Waals surface area (Å²) in [5.41, 5.74) is -0.449. The lowest BCUT2D eigenvalue weighted by Gasteiger charge is -2.41. The van der Waals surface area contributed by atoms with Crippen LogP contribution in [0.1, 0.15) is 72.8 Å². The first kappa shape index (κ1) is 18.0. The van der Waals surface area contributed by atoms with Crippen LogP contribution < -0.4 is 10.6 Å². The maximum atomic E-state index is 13.0. The molecule has 3 amide bonds. The molecule has 27 heavy (non-hydrogen) atoms. The van der Waals surface area contributed by atoms with E-state index >= 15 is 0 Å². The zero-order valence-electron chi connectivity index (χ0n) is 16.0. The van der Waals surface area contributed by atoms with Crippen LogP contribution in [0.2, 0.25) is 0 Å². The standard InChI is InChI=1S/C19H27N5O3/c1-19(18(27)21-12-6-4-3-5-7-12)11-24-15(17(26)23(19)2)10-14(22-24)16(25)20-13-8-9-13/h10,12-13H,3-9,11H2,1-2H3,(H,20,25)(H,21,27)/t19-/m1/s1. The fraction of sp³-hybridized carbons (Fsp3) is 0.684. The molecule has 146 valence electrons. The number of aromatic nitrogens is 2. The molecule has 0 spiro atoms. The largest absolute Gasteiger partial charge is 0.351 e. The Morgan fingerprint density at radius 2 is 1.78 bits per heavy atom. The van der Waals surface area contributed by atoms with E-state index in [9.17, 15) is 14.4 Å². The van der Waals surface area contributed by atoms with E-state index in [1.54, 1.807) is 14.0 Å². The molecule has 2 fully saturated rings. The highest BCUT2D eigenvalue weighted by Crippen LogP contribution is 2.27. The number of likely N-dealkylation sites (N-methyl/N-ethyl adjacent to an activating group) is 1. The SMILES string of the molecule is CN1C(=O)c2cc(C(=O)NC3CC3)nn2C[C@]1(C)C(=O)NC1CCCCC1. The molecule has 2 saturated carbocycles. The number of carbonyl (C=O) groups excluding carboxylic acids is 3. The van der Waals surface area contributed by atoms with Gasteiger partial charge in [0, 0.05) is 25.2 Å². The normalized spacial score (nSPS) is 25.9. The average molecular weight is 373 g/mol. The van der Waals surface area contributed by atoms with Crippen molar-refractivity contribution in [2.45, 2.75) is 76.0 Å². The molecule has 3 aliphatic rings. The first-order valence-corrected chi connectivity index (χ1v) is 9.86. The Morgan fingerprint density at radius 1 is 1.11 bits per heavy atom. The summed E-state index contributed by atoms with van der Waals surface area (Å²) in [4.78, 5) is 39.6. The van der Waals surface area contributed by atoms with E-state index in [1.165, 1.54) is 22.1 Å². The van der Waals surface area contributed by atoms with Gasteiger partial charge in [0.05, 0.1) is 6.54 Å². The van der Waals surface area contributed by atoms with E-state index in [1.807, 2.05) is 0 Å². The lowest BCUT2D eigenvalue weighted by atomic mass is 9.92. The summed E-state index contributed by atoms with van der Waals surface area (Å²) in [5.74, 6) is -0.709. The summed E-state index contributed by atoms with van der Waals surface area (Å²) in [7, 11) is 1.64. The number of nitrogens with one attached hydrogen (secondary N) is 2. The molecule has 8 nitrogen and oxygen atoms in total. The maximum Gasteiger partial charge on any atom is 0.272 e. The van der Waals surface area contributed by atoms with Crippen LogP contribution in [0.3, 0.4) is 0 Å². The fourth-order valence-corrected chi connectivity index (χ4v) is 3.91. The predicted molar refractivity (Wildman–Crippen MR) is 98.2 cm³/mol. The van der Waals surface area contributed by atoms with Crippen molar-refractivity contribution in [1.82, 2.24) is 25.3 Å². The van der Waals surface area contributed by atoms with Gasteiger partial charge in [-0.15, -0.1) is 0 Å². The van der Waals surface area contributed by atoms with Crippen molar-refractivity contribution in [2.24, 2.45) is 0 Å². The number of hydrogen-bond acceptors (Lipinski definition) is 4. The molecule has 0 radical (unpaired) electrons. The number of fused-ring (bicyclic) bond motifs is 1. The monoisotopic (exact) mass is 373 g/mol. The highest BCUT2D eigenvalue weighted by Gasteiger charge is 2.46. The molecule has 0 unspecified atom stereocenters. The zero-order chi connectivity index (χ0) is 19.2. The summed E-state index contributed by atoms with van der Waals surface area (Å²) in [6, 6.07) is 1.92. The van der Waals surface area contributed by atoms with Gasteiger partial charge in [-0.1, -0.05) is 19.3 Å². The molecular formula is C19H27N5O3. The third kappa shape index (κ3) is 3.33. The van der Waals surface area contributed by atoms with Crippen LogP contribution in [0.15, 0.2) is 6.07 Å². The van der Waals surface area contributed by atoms with E-state index in [-0.39, 0.29) is 42.0 Å². The Kier molecular flexibility index (Phi) is 4.44. The number of carbonyl (C=O) groups is 3. The summed E-state index contributed by atoms with van der Waals surface area (Å²) in [6.45, 7) is 2.00. The predicted octanol–water partition coefficient (Wildman–Crippen LogP) is 1.07. The summed E-state index contributed by atoms with van der Waals surface area (Å²) in [5, 5.41) is 10.3. The highest BCUT2D eigenvalue weighted by atomic mass is 16.2. The van der Waals surface area contributed by atoms with Crippen molar-refractivity contribution in [3.05, 3.63) is 17.5 Å². The smallest absolute Gasteiger partial charge is 0.272 e. The van der Waals surface area contributed by atoms with Crippen LogP contribution in [-0.4, -0.2) is 57.1 Å². The second-order valence-electron chi connectivity index (χ2n) is 8.27. The van der Waals surface area contributed by atoms with E-state index in [4.69, 9.17) is 0 Å². The van der Waals surface area contributed by atoms with Crippen molar-refractivity contribution < 1.29 is 14.4 Å². The second-order valence-corrected chi connectivity index (χ2v) is 8.27. The Morgan fingerprint density at radius 3 is 2.44 bits per heavy atom. The van der Waals surface area contributed by atoms with Crippen LogP contribution in [0.5, 0.6) is 0 Å². The summed E-state index contributed by atoms with van der Waals surface area (Å²) in [6.07, 6.45) is 7.40. The molecule has 2 N–H and O–H groups in total. The van der Waals surface area contributed by atoms with Crippen molar-refractivity contribution in [3.63, 3.8) is 0 Å². The molecule has 4 rings (SSSR count). The Balaban J connectivity index is 1.53. The maximum absolute atomic E-state index is 13.0. The molecule has 1 aromatic rings. The highest BCUT2D eigenvalue weighted by molar-refractivity contribution is 6.01. The van der Waals surface area contributed by atoms with Gasteiger partial charge in [0.25, 0.3) is 11.8 Å². The van der Waals surface area contributed by atoms with Crippen molar-refractivity contribution >= 4 is 17.7 Å². The Bertz CT molecular complexity index is 778. The lowest BCUT2D eigenvalue weighted by molar-refractivity contribution is -0.133. The zero-order valence-corrected chi connectivity index (χ0v) is 16.0. The minimum absolute atomic E-state index is 0.157. The van der Waals surface area contributed by atoms with Crippen LogP contribution >= 0.6 is 0 Å². The third-order valence-electron chi connectivity index (χ3n) is 6.08. The molecule has 8 heteroatoms. The van der Waals surface area contributed by atoms with Gasteiger partial charge in [0.15, 0.2) is 5.69 Å². The van der Waals surface area contributed by atoms with E-state index in [2.05, 4.69) is 15.7 Å². The van der Waals surface area contributed by atoms with Gasteiger partial charge in [-0.25, -0.2) is 0 Å². The second kappa shape index (κ2) is 6.65. The number of rotatable bonds is 4. The Labute approximate surface area is 158 Å². The Hall–Kier alpha value is -2.38. The van der Waals surface area contributed by atoms with Crippen LogP contribution in [0.25, 0.3) is 0 Å². The molecule has 0 saturated heterocycles. The van der Waals surface area contributed by atoms with Crippen molar-refractivity contribution in [3.8, 4) is 0 Å². The minimum atomic E-state index is -1.03. The van der Waals surface area contributed by atoms with Crippen LogP contribution in [0.4, 0.5) is 0 Å². The molecule has 0 bridgehead atoms. The van der Waals surface area contributed by atoms with E-state index in [0.29, 0.717) is 5.69 Å². The average Bonchev–Trinajstić information content (AvgIpc) is 3.36. The molecule has 1 aromatic heterocycles. The van der Waals surface area contributed by atoms with Gasteiger partial charge >= 0.3 is 0 Å². The first-order chi connectivity index (χ1) is 12.9. The minimum Gasteiger partial charge on any atom is -0.351 e. The topological polar surface area (TPSA) is 96.3 Å². The molecular weight excluding hydrogens is 346 g/mol. The molecule has 1 atom stereocenters. The van der Waals surface area contributed by atoms with Gasteiger partial charge in [0.2, 0.25) is 5.91 Å². The molecule has 1 aliphatic heterocycles. The molecule has 2 heterocycles. The van der Waals surface area contributed by atoms with Crippen LogP contribution in [0, 0.1) is 0 Å². The van der Waals surface area contributed by atoms with Gasteiger partial charge in [-0.2, -0.15) is 5.10 Å².